The Morgan fingerprint density at radius 1 is 1.52 bits per heavy atom. The minimum atomic E-state index is 0.252. The monoisotopic (exact) mass is 304 g/mol. The number of hydrogen-bond donors (Lipinski definition) is 1. The van der Waals surface area contributed by atoms with E-state index >= 15 is 0 Å². The molecule has 2 N–H and O–H groups in total. The third kappa shape index (κ3) is 2.65. The topological polar surface area (TPSA) is 47.1 Å². The van der Waals surface area contributed by atoms with E-state index in [2.05, 4.69) is 39.7 Å². The van der Waals surface area contributed by atoms with E-state index in [0.717, 1.165) is 25.9 Å². The van der Waals surface area contributed by atoms with Crippen molar-refractivity contribution in [2.24, 2.45) is 5.73 Å². The van der Waals surface area contributed by atoms with Crippen LogP contribution in [0.2, 0.25) is 0 Å². The number of aromatic nitrogens is 2. The molecule has 1 aliphatic rings. The molecule has 0 aromatic carbocycles. The van der Waals surface area contributed by atoms with Crippen molar-refractivity contribution in [2.45, 2.75) is 45.3 Å². The Hall–Kier alpha value is -1.17. The van der Waals surface area contributed by atoms with Gasteiger partial charge in [0.15, 0.2) is 0 Å². The van der Waals surface area contributed by atoms with Gasteiger partial charge in [-0.2, -0.15) is 0 Å². The number of thiophene rings is 1. The summed E-state index contributed by atoms with van der Waals surface area (Å²) in [6.07, 6.45) is 6.18. The largest absolute Gasteiger partial charge is 0.333 e. The first-order valence-electron chi connectivity index (χ1n) is 7.78. The van der Waals surface area contributed by atoms with Gasteiger partial charge < -0.3 is 10.3 Å². The van der Waals surface area contributed by atoms with E-state index in [1.165, 1.54) is 16.1 Å². The van der Waals surface area contributed by atoms with E-state index in [1.54, 1.807) is 0 Å². The lowest BCUT2D eigenvalue weighted by Crippen LogP contribution is -2.40. The molecule has 114 valence electrons. The molecule has 0 spiro atoms. The molecule has 0 saturated heterocycles. The second kappa shape index (κ2) is 6.30. The number of hydrogen-bond acceptors (Lipinski definition) is 4. The average molecular weight is 304 g/mol. The Balaban J connectivity index is 1.88. The molecule has 0 saturated carbocycles. The minimum Gasteiger partial charge on any atom is -0.333 e. The predicted octanol–water partition coefficient (Wildman–Crippen LogP) is 2.97. The molecule has 21 heavy (non-hydrogen) atoms. The van der Waals surface area contributed by atoms with Crippen LogP contribution in [-0.4, -0.2) is 27.5 Å². The van der Waals surface area contributed by atoms with Crippen LogP contribution in [0.5, 0.6) is 0 Å². The van der Waals surface area contributed by atoms with Crippen molar-refractivity contribution in [3.05, 3.63) is 40.1 Å². The SMILES string of the molecule is CCCn1cncc1C(CN)N1CCc2sccc2C1C. The number of imidazole rings is 1. The Labute approximate surface area is 130 Å². The van der Waals surface area contributed by atoms with Crippen molar-refractivity contribution in [2.75, 3.05) is 13.1 Å². The summed E-state index contributed by atoms with van der Waals surface area (Å²) >= 11 is 1.88. The lowest BCUT2D eigenvalue weighted by atomic mass is 9.98. The van der Waals surface area contributed by atoms with Crippen LogP contribution in [0.25, 0.3) is 0 Å². The van der Waals surface area contributed by atoms with Crippen LogP contribution in [0, 0.1) is 0 Å². The summed E-state index contributed by atoms with van der Waals surface area (Å²) in [7, 11) is 0. The van der Waals surface area contributed by atoms with Crippen molar-refractivity contribution in [3.63, 3.8) is 0 Å². The quantitative estimate of drug-likeness (QED) is 0.924. The summed E-state index contributed by atoms with van der Waals surface area (Å²) in [5.41, 5.74) is 8.87. The summed E-state index contributed by atoms with van der Waals surface area (Å²) in [6, 6.07) is 2.95. The maximum Gasteiger partial charge on any atom is 0.0948 e. The zero-order chi connectivity index (χ0) is 14.8. The van der Waals surface area contributed by atoms with Crippen LogP contribution in [0.3, 0.4) is 0 Å². The molecule has 3 heterocycles. The molecule has 0 aliphatic carbocycles. The molecule has 1 aliphatic heterocycles. The number of nitrogens with zero attached hydrogens (tertiary/aromatic N) is 3. The lowest BCUT2D eigenvalue weighted by Gasteiger charge is -2.39. The van der Waals surface area contributed by atoms with Gasteiger partial charge in [0.05, 0.1) is 18.1 Å². The van der Waals surface area contributed by atoms with Crippen LogP contribution in [0.15, 0.2) is 24.0 Å². The highest BCUT2D eigenvalue weighted by Crippen LogP contribution is 2.37. The summed E-state index contributed by atoms with van der Waals surface area (Å²) in [4.78, 5) is 8.42. The second-order valence-electron chi connectivity index (χ2n) is 5.73. The second-order valence-corrected chi connectivity index (χ2v) is 6.73. The Bertz CT molecular complexity index is 589. The van der Waals surface area contributed by atoms with Gasteiger partial charge in [0.1, 0.15) is 0 Å². The minimum absolute atomic E-state index is 0.252. The Morgan fingerprint density at radius 3 is 3.14 bits per heavy atom. The van der Waals surface area contributed by atoms with Gasteiger partial charge >= 0.3 is 0 Å². The van der Waals surface area contributed by atoms with Crippen LogP contribution in [-0.2, 0) is 13.0 Å². The van der Waals surface area contributed by atoms with E-state index in [4.69, 9.17) is 5.73 Å². The van der Waals surface area contributed by atoms with Crippen LogP contribution in [0.4, 0.5) is 0 Å². The highest BCUT2D eigenvalue weighted by Gasteiger charge is 2.31. The first-order valence-corrected chi connectivity index (χ1v) is 8.66. The molecule has 0 fully saturated rings. The van der Waals surface area contributed by atoms with Gasteiger partial charge in [-0.15, -0.1) is 11.3 Å². The van der Waals surface area contributed by atoms with Gasteiger partial charge in [0.2, 0.25) is 0 Å². The molecule has 2 aromatic rings. The van der Waals surface area contributed by atoms with E-state index in [1.807, 2.05) is 23.9 Å². The van der Waals surface area contributed by atoms with Gasteiger partial charge in [-0.25, -0.2) is 4.98 Å². The van der Waals surface area contributed by atoms with Crippen molar-refractivity contribution < 1.29 is 0 Å². The fourth-order valence-corrected chi connectivity index (χ4v) is 4.38. The first kappa shape index (κ1) is 14.8. The van der Waals surface area contributed by atoms with Gasteiger partial charge in [-0.05, 0) is 36.8 Å². The number of nitrogens with two attached hydrogens (primary N) is 1. The predicted molar refractivity (Wildman–Crippen MR) is 87.5 cm³/mol. The highest BCUT2D eigenvalue weighted by molar-refractivity contribution is 7.10. The first-order chi connectivity index (χ1) is 10.3. The summed E-state index contributed by atoms with van der Waals surface area (Å²) in [5.74, 6) is 0. The molecule has 2 aromatic heterocycles. The molecular weight excluding hydrogens is 280 g/mol. The van der Waals surface area contributed by atoms with E-state index in [9.17, 15) is 0 Å². The number of rotatable bonds is 5. The fraction of sp³-hybridized carbons (Fsp3) is 0.562. The summed E-state index contributed by atoms with van der Waals surface area (Å²) in [6.45, 7) is 7.22. The van der Waals surface area contributed by atoms with Crippen LogP contribution < -0.4 is 5.73 Å². The molecule has 3 rings (SSSR count). The lowest BCUT2D eigenvalue weighted by molar-refractivity contribution is 0.133. The number of fused-ring (bicyclic) bond motifs is 1. The van der Waals surface area contributed by atoms with Crippen molar-refractivity contribution >= 4 is 11.3 Å². The van der Waals surface area contributed by atoms with Crippen LogP contribution >= 0.6 is 11.3 Å². The van der Waals surface area contributed by atoms with Gasteiger partial charge in [-0.3, -0.25) is 4.90 Å². The van der Waals surface area contributed by atoms with E-state index in [0.29, 0.717) is 12.6 Å². The molecule has 2 unspecified atom stereocenters. The zero-order valence-electron chi connectivity index (χ0n) is 12.8. The Kier molecular flexibility index (Phi) is 4.42. The molecule has 0 bridgehead atoms. The maximum absolute atomic E-state index is 6.14. The van der Waals surface area contributed by atoms with Crippen LogP contribution in [0.1, 0.15) is 48.5 Å². The van der Waals surface area contributed by atoms with Crippen molar-refractivity contribution in [3.8, 4) is 0 Å². The summed E-state index contributed by atoms with van der Waals surface area (Å²) in [5, 5.41) is 2.21. The van der Waals surface area contributed by atoms with Gasteiger partial charge in [0, 0.05) is 36.8 Å². The molecular formula is C16H24N4S. The smallest absolute Gasteiger partial charge is 0.0948 e. The molecule has 5 heteroatoms. The third-order valence-electron chi connectivity index (χ3n) is 4.50. The maximum atomic E-state index is 6.14. The van der Waals surface area contributed by atoms with Gasteiger partial charge in [-0.1, -0.05) is 6.92 Å². The molecule has 4 nitrogen and oxygen atoms in total. The highest BCUT2D eigenvalue weighted by atomic mass is 32.1. The van der Waals surface area contributed by atoms with E-state index in [-0.39, 0.29) is 6.04 Å². The summed E-state index contributed by atoms with van der Waals surface area (Å²) < 4.78 is 2.26. The average Bonchev–Trinajstić information content (AvgIpc) is 3.12. The fourth-order valence-electron chi connectivity index (χ4n) is 3.42. The number of aryl methyl sites for hydroxylation is 1. The third-order valence-corrected chi connectivity index (χ3v) is 5.50. The molecule has 0 radical (unpaired) electrons. The zero-order valence-corrected chi connectivity index (χ0v) is 13.6. The standard InChI is InChI=1S/C16H24N4S/c1-3-6-19-11-18-10-15(19)14(9-17)20-7-4-16-13(12(20)2)5-8-21-16/h5,8,10-12,14H,3-4,6-7,9,17H2,1-2H3. The van der Waals surface area contributed by atoms with E-state index < -0.39 is 0 Å². The molecule has 0 amide bonds. The molecule has 2 atom stereocenters. The van der Waals surface area contributed by atoms with Crippen molar-refractivity contribution in [1.82, 2.24) is 14.5 Å². The van der Waals surface area contributed by atoms with Gasteiger partial charge in [0.25, 0.3) is 0 Å². The normalized spacial score (nSPS) is 20.4. The van der Waals surface area contributed by atoms with Crippen molar-refractivity contribution in [1.29, 1.82) is 0 Å². The Morgan fingerprint density at radius 2 is 2.38 bits per heavy atom.